The third-order valence-corrected chi connectivity index (χ3v) is 3.09. The van der Waals surface area contributed by atoms with E-state index >= 15 is 0 Å². The molecular weight excluding hydrogens is 291 g/mol. The molecule has 0 bridgehead atoms. The van der Waals surface area contributed by atoms with Crippen LogP contribution >= 0.6 is 30.4 Å². The Bertz CT molecular complexity index is 136. The molecule has 1 fully saturated rings. The van der Waals surface area contributed by atoms with Gasteiger partial charge in [0.15, 0.2) is 0 Å². The Labute approximate surface area is 89.0 Å². The van der Waals surface area contributed by atoms with Crippen LogP contribution in [0.3, 0.4) is 0 Å². The highest BCUT2D eigenvalue weighted by atomic mass is 127. The fourth-order valence-corrected chi connectivity index (χ4v) is 2.03. The van der Waals surface area contributed by atoms with E-state index in [9.17, 15) is 5.11 Å². The fraction of sp³-hybridized carbons (Fsp3) is 1.00. The Balaban J connectivity index is 2.25. The summed E-state index contributed by atoms with van der Waals surface area (Å²) in [4.78, 5) is 0. The highest BCUT2D eigenvalue weighted by molar-refractivity contribution is 14.2. The second-order valence-electron chi connectivity index (χ2n) is 3.02. The largest absolute Gasteiger partial charge is 0.388 e. The summed E-state index contributed by atoms with van der Waals surface area (Å²) < 4.78 is 10.4. The van der Waals surface area contributed by atoms with Crippen LogP contribution in [0.5, 0.6) is 0 Å². The van der Waals surface area contributed by atoms with Crippen molar-refractivity contribution in [1.29, 1.82) is 0 Å². The molecule has 0 aromatic carbocycles. The van der Waals surface area contributed by atoms with E-state index in [4.69, 9.17) is 8.92 Å². The van der Waals surface area contributed by atoms with Crippen molar-refractivity contribution >= 4 is 30.4 Å². The molecule has 72 valence electrons. The van der Waals surface area contributed by atoms with Gasteiger partial charge in [-0.15, -0.1) is 0 Å². The van der Waals surface area contributed by atoms with Gasteiger partial charge in [-0.2, -0.15) is 0 Å². The van der Waals surface area contributed by atoms with Gasteiger partial charge in [0.25, 0.3) is 0 Å². The zero-order valence-electron chi connectivity index (χ0n) is 6.90. The quantitative estimate of drug-likeness (QED) is 0.635. The van der Waals surface area contributed by atoms with Crippen molar-refractivity contribution < 1.29 is 14.0 Å². The van der Waals surface area contributed by atoms with Crippen LogP contribution in [0.2, 0.25) is 0 Å². The lowest BCUT2D eigenvalue weighted by molar-refractivity contribution is -0.0330. The molecule has 1 saturated heterocycles. The summed E-state index contributed by atoms with van der Waals surface area (Å²) in [7, 11) is 1.24. The van der Waals surface area contributed by atoms with Gasteiger partial charge in [0.1, 0.15) is 6.10 Å². The molecule has 0 radical (unpaired) electrons. The Morgan fingerprint density at radius 1 is 1.83 bits per heavy atom. The first-order valence-corrected chi connectivity index (χ1v) is 7.24. The van der Waals surface area contributed by atoms with E-state index in [1.54, 1.807) is 0 Å². The lowest BCUT2D eigenvalue weighted by atomic mass is 10.0. The molecule has 1 rings (SSSR count). The SMILES string of the molecule is CC1CCOC1C(O)COSI. The van der Waals surface area contributed by atoms with Crippen molar-refractivity contribution in [2.24, 2.45) is 5.92 Å². The third kappa shape index (κ3) is 3.02. The molecule has 5 heteroatoms. The molecule has 3 nitrogen and oxygen atoms in total. The predicted octanol–water partition coefficient (Wildman–Crippen LogP) is 1.79. The standard InChI is InChI=1S/C7H13IO3S/c1-5-2-3-10-7(5)6(9)4-11-12-8/h5-7,9H,2-4H2,1H3. The summed E-state index contributed by atoms with van der Waals surface area (Å²) in [5.41, 5.74) is 0. The van der Waals surface area contributed by atoms with Crippen LogP contribution in [-0.2, 0) is 8.92 Å². The monoisotopic (exact) mass is 304 g/mol. The van der Waals surface area contributed by atoms with Crippen molar-refractivity contribution in [2.75, 3.05) is 13.2 Å². The number of hydrogen-bond donors (Lipinski definition) is 1. The Morgan fingerprint density at radius 2 is 2.58 bits per heavy atom. The lowest BCUT2D eigenvalue weighted by Crippen LogP contribution is -2.33. The summed E-state index contributed by atoms with van der Waals surface area (Å²) in [6.07, 6.45) is 0.525. The van der Waals surface area contributed by atoms with Gasteiger partial charge >= 0.3 is 0 Å². The lowest BCUT2D eigenvalue weighted by Gasteiger charge is -2.20. The zero-order valence-corrected chi connectivity index (χ0v) is 9.88. The van der Waals surface area contributed by atoms with Crippen LogP contribution in [0, 0.1) is 5.92 Å². The molecule has 1 aliphatic rings. The maximum atomic E-state index is 9.58. The van der Waals surface area contributed by atoms with Gasteiger partial charge in [0, 0.05) is 27.8 Å². The van der Waals surface area contributed by atoms with E-state index in [1.807, 2.05) is 21.2 Å². The van der Waals surface area contributed by atoms with Gasteiger partial charge < -0.3 is 14.0 Å². The topological polar surface area (TPSA) is 38.7 Å². The van der Waals surface area contributed by atoms with Crippen LogP contribution in [0.25, 0.3) is 0 Å². The first-order valence-electron chi connectivity index (χ1n) is 3.95. The normalized spacial score (nSPS) is 32.2. The van der Waals surface area contributed by atoms with Crippen molar-refractivity contribution in [1.82, 2.24) is 0 Å². The average molecular weight is 304 g/mol. The number of ether oxygens (including phenoxy) is 1. The van der Waals surface area contributed by atoms with E-state index in [0.29, 0.717) is 12.5 Å². The van der Waals surface area contributed by atoms with Gasteiger partial charge in [-0.25, -0.2) is 0 Å². The summed E-state index contributed by atoms with van der Waals surface area (Å²) >= 11 is 2.03. The molecule has 0 amide bonds. The average Bonchev–Trinajstić information content (AvgIpc) is 2.47. The van der Waals surface area contributed by atoms with Crippen molar-refractivity contribution in [3.8, 4) is 0 Å². The van der Waals surface area contributed by atoms with Gasteiger partial charge in [-0.1, -0.05) is 6.92 Å². The van der Waals surface area contributed by atoms with Crippen LogP contribution < -0.4 is 0 Å². The molecule has 1 aliphatic heterocycles. The molecule has 1 heterocycles. The van der Waals surface area contributed by atoms with Crippen LogP contribution in [0.4, 0.5) is 0 Å². The minimum Gasteiger partial charge on any atom is -0.388 e. The molecule has 0 aromatic heterocycles. The van der Waals surface area contributed by atoms with Crippen molar-refractivity contribution in [3.05, 3.63) is 0 Å². The third-order valence-electron chi connectivity index (χ3n) is 2.11. The first-order chi connectivity index (χ1) is 5.75. The second kappa shape index (κ2) is 5.64. The summed E-state index contributed by atoms with van der Waals surface area (Å²) in [6.45, 7) is 3.21. The zero-order chi connectivity index (χ0) is 8.97. The van der Waals surface area contributed by atoms with Crippen molar-refractivity contribution in [2.45, 2.75) is 25.6 Å². The molecule has 1 N–H and O–H groups in total. The van der Waals surface area contributed by atoms with E-state index in [2.05, 4.69) is 6.92 Å². The van der Waals surface area contributed by atoms with Crippen molar-refractivity contribution in [3.63, 3.8) is 0 Å². The summed E-state index contributed by atoms with van der Waals surface area (Å²) in [5, 5.41) is 9.58. The van der Waals surface area contributed by atoms with E-state index in [0.717, 1.165) is 13.0 Å². The number of halogens is 1. The molecule has 0 spiro atoms. The molecule has 0 aromatic rings. The molecule has 12 heavy (non-hydrogen) atoms. The Hall–Kier alpha value is 0.960. The van der Waals surface area contributed by atoms with Gasteiger partial charge in [-0.05, 0) is 12.3 Å². The Morgan fingerprint density at radius 3 is 3.08 bits per heavy atom. The number of rotatable bonds is 4. The van der Waals surface area contributed by atoms with E-state index < -0.39 is 6.10 Å². The summed E-state index contributed by atoms with van der Waals surface area (Å²) in [5.74, 6) is 0.447. The molecule has 3 unspecified atom stereocenters. The van der Waals surface area contributed by atoms with Crippen LogP contribution in [-0.4, -0.2) is 30.5 Å². The smallest absolute Gasteiger partial charge is 0.105 e. The van der Waals surface area contributed by atoms with E-state index in [-0.39, 0.29) is 6.10 Å². The maximum Gasteiger partial charge on any atom is 0.105 e. The Kier molecular flexibility index (Phi) is 5.19. The van der Waals surface area contributed by atoms with Crippen LogP contribution in [0.1, 0.15) is 13.3 Å². The highest BCUT2D eigenvalue weighted by Gasteiger charge is 2.30. The van der Waals surface area contributed by atoms with Gasteiger partial charge in [-0.3, -0.25) is 0 Å². The number of hydrogen-bond acceptors (Lipinski definition) is 4. The van der Waals surface area contributed by atoms with E-state index in [1.165, 1.54) is 9.21 Å². The molecular formula is C7H13IO3S. The number of aliphatic hydroxyl groups is 1. The van der Waals surface area contributed by atoms with Crippen LogP contribution in [0.15, 0.2) is 0 Å². The van der Waals surface area contributed by atoms with Gasteiger partial charge in [0.05, 0.1) is 21.9 Å². The predicted molar refractivity (Wildman–Crippen MR) is 57.1 cm³/mol. The second-order valence-corrected chi connectivity index (χ2v) is 4.46. The first kappa shape index (κ1) is 11.0. The highest BCUT2D eigenvalue weighted by Crippen LogP contribution is 2.24. The maximum absolute atomic E-state index is 9.58. The van der Waals surface area contributed by atoms with Gasteiger partial charge in [0.2, 0.25) is 0 Å². The minimum atomic E-state index is -0.482. The molecule has 0 saturated carbocycles. The number of aliphatic hydroxyl groups excluding tert-OH is 1. The fourth-order valence-electron chi connectivity index (χ4n) is 1.40. The molecule has 0 aliphatic carbocycles. The molecule has 3 atom stereocenters. The minimum absolute atomic E-state index is 0.0338. The summed E-state index contributed by atoms with van der Waals surface area (Å²) in [6, 6.07) is 0.